The van der Waals surface area contributed by atoms with Crippen molar-refractivity contribution in [1.82, 2.24) is 0 Å². The molecule has 0 spiro atoms. The monoisotopic (exact) mass is 418 g/mol. The number of carbonyl (C=O) groups is 2. The van der Waals surface area contributed by atoms with Crippen LogP contribution < -0.4 is 0 Å². The summed E-state index contributed by atoms with van der Waals surface area (Å²) >= 11 is 0. The average molecular weight is 418 g/mol. The number of hydrogen-bond acceptors (Lipinski definition) is 2. The van der Waals surface area contributed by atoms with Gasteiger partial charge in [-0.1, -0.05) is 20.8 Å². The van der Waals surface area contributed by atoms with Crippen molar-refractivity contribution in [2.24, 2.45) is 5.41 Å². The third-order valence-corrected chi connectivity index (χ3v) is 3.42. The number of aliphatic carboxylic acids is 2. The second kappa shape index (κ2) is 7.23. The average Bonchev–Trinajstić information content (AvgIpc) is 2.39. The van der Waals surface area contributed by atoms with Crippen LogP contribution in [0.15, 0.2) is 11.1 Å². The van der Waals surface area contributed by atoms with Gasteiger partial charge in [-0.2, -0.15) is 39.5 Å². The van der Waals surface area contributed by atoms with Crippen LogP contribution in [-0.4, -0.2) is 46.1 Å². The van der Waals surface area contributed by atoms with E-state index in [1.165, 1.54) is 0 Å². The van der Waals surface area contributed by atoms with Crippen LogP contribution in [0.5, 0.6) is 0 Å². The lowest BCUT2D eigenvalue weighted by Gasteiger charge is -2.34. The molecule has 0 fully saturated rings. The molecule has 158 valence electrons. The van der Waals surface area contributed by atoms with Crippen LogP contribution in [0.4, 0.5) is 39.5 Å². The van der Waals surface area contributed by atoms with Gasteiger partial charge in [0, 0.05) is 12.0 Å². The van der Waals surface area contributed by atoms with E-state index in [1.54, 1.807) is 0 Å². The molecule has 0 aromatic carbocycles. The highest BCUT2D eigenvalue weighted by molar-refractivity contribution is 5.99. The summed E-state index contributed by atoms with van der Waals surface area (Å²) in [4.78, 5) is 22.3. The first kappa shape index (κ1) is 25.1. The maximum absolute atomic E-state index is 13.5. The van der Waals surface area contributed by atoms with E-state index in [0.717, 1.165) is 20.8 Å². The fourth-order valence-corrected chi connectivity index (χ4v) is 2.09. The van der Waals surface area contributed by atoms with Crippen molar-refractivity contribution in [1.29, 1.82) is 0 Å². The molecular formula is C14H15F9O4. The normalized spacial score (nSPS) is 15.4. The van der Waals surface area contributed by atoms with Crippen molar-refractivity contribution < 1.29 is 59.3 Å². The van der Waals surface area contributed by atoms with Crippen molar-refractivity contribution in [3.8, 4) is 0 Å². The molecule has 0 aromatic heterocycles. The summed E-state index contributed by atoms with van der Waals surface area (Å²) in [5, 5.41) is 18.0. The molecule has 0 aliphatic heterocycles. The van der Waals surface area contributed by atoms with Gasteiger partial charge in [0.1, 0.15) is 0 Å². The van der Waals surface area contributed by atoms with E-state index in [-0.39, 0.29) is 0 Å². The standard InChI is InChI=1S/C14H15F9O4/c1-10(2,3)7(9(26)27)6(8(24)25)4-5-11(15,16)12(17,18)13(19,20)14(21,22)23/h4-5H2,1-3H3,(H,24,25)(H,26,27)/b7-6-. The van der Waals surface area contributed by atoms with E-state index in [0.29, 0.717) is 0 Å². The fraction of sp³-hybridized carbons (Fsp3) is 0.714. The first-order valence-electron chi connectivity index (χ1n) is 7.01. The number of alkyl halides is 9. The van der Waals surface area contributed by atoms with Gasteiger partial charge in [-0.05, 0) is 11.8 Å². The van der Waals surface area contributed by atoms with Crippen molar-refractivity contribution in [2.75, 3.05) is 0 Å². The number of carboxylic acid groups (broad SMARTS) is 2. The molecule has 0 unspecified atom stereocenters. The molecule has 27 heavy (non-hydrogen) atoms. The number of halogens is 9. The molecule has 0 atom stereocenters. The Bertz CT molecular complexity index is 627. The van der Waals surface area contributed by atoms with E-state index >= 15 is 0 Å². The van der Waals surface area contributed by atoms with E-state index in [9.17, 15) is 49.1 Å². The molecule has 0 saturated carbocycles. The zero-order valence-corrected chi connectivity index (χ0v) is 14.0. The molecule has 0 bridgehead atoms. The maximum atomic E-state index is 13.5. The van der Waals surface area contributed by atoms with Crippen LogP contribution in [0, 0.1) is 5.41 Å². The lowest BCUT2D eigenvalue weighted by Crippen LogP contribution is -2.60. The quantitative estimate of drug-likeness (QED) is 0.463. The van der Waals surface area contributed by atoms with E-state index in [4.69, 9.17) is 10.2 Å². The highest BCUT2D eigenvalue weighted by Crippen LogP contribution is 2.54. The predicted molar refractivity (Wildman–Crippen MR) is 71.9 cm³/mol. The van der Waals surface area contributed by atoms with Gasteiger partial charge in [0.2, 0.25) is 0 Å². The van der Waals surface area contributed by atoms with E-state index in [1.807, 2.05) is 0 Å². The zero-order chi connectivity index (χ0) is 22.2. The summed E-state index contributed by atoms with van der Waals surface area (Å²) in [6.07, 6.45) is -11.1. The van der Waals surface area contributed by atoms with Crippen LogP contribution in [0.25, 0.3) is 0 Å². The molecule has 2 N–H and O–H groups in total. The second-order valence-electron chi connectivity index (χ2n) is 6.56. The summed E-state index contributed by atoms with van der Waals surface area (Å²) in [5.41, 5.74) is -3.80. The largest absolute Gasteiger partial charge is 0.478 e. The smallest absolute Gasteiger partial charge is 0.460 e. The van der Waals surface area contributed by atoms with E-state index in [2.05, 4.69) is 0 Å². The Hall–Kier alpha value is -1.95. The van der Waals surface area contributed by atoms with Gasteiger partial charge in [0.15, 0.2) is 0 Å². The second-order valence-corrected chi connectivity index (χ2v) is 6.56. The number of carboxylic acids is 2. The summed E-state index contributed by atoms with van der Waals surface area (Å²) in [6.45, 7) is 3.43. The summed E-state index contributed by atoms with van der Waals surface area (Å²) in [5.74, 6) is -24.0. The van der Waals surface area contributed by atoms with Crippen molar-refractivity contribution in [2.45, 2.75) is 57.6 Å². The Balaban J connectivity index is 6.07. The van der Waals surface area contributed by atoms with Gasteiger partial charge >= 0.3 is 35.9 Å². The van der Waals surface area contributed by atoms with Gasteiger partial charge in [-0.3, -0.25) is 0 Å². The Morgan fingerprint density at radius 2 is 1.15 bits per heavy atom. The van der Waals surface area contributed by atoms with Crippen molar-refractivity contribution in [3.05, 3.63) is 11.1 Å². The first-order chi connectivity index (χ1) is 11.6. The Kier molecular flexibility index (Phi) is 6.70. The lowest BCUT2D eigenvalue weighted by molar-refractivity contribution is -0.396. The van der Waals surface area contributed by atoms with Gasteiger partial charge in [0.05, 0.1) is 5.57 Å². The minimum Gasteiger partial charge on any atom is -0.478 e. The molecule has 13 heteroatoms. The zero-order valence-electron chi connectivity index (χ0n) is 14.0. The molecule has 0 amide bonds. The van der Waals surface area contributed by atoms with Crippen molar-refractivity contribution in [3.63, 3.8) is 0 Å². The molecule has 0 aromatic rings. The molecular weight excluding hydrogens is 403 g/mol. The van der Waals surface area contributed by atoms with Gasteiger partial charge in [0.25, 0.3) is 0 Å². The molecule has 0 aliphatic rings. The SMILES string of the molecule is CC(C)(C)/C(C(=O)O)=C(/CCC(F)(F)C(F)(F)C(F)(F)C(F)(F)F)C(=O)O. The summed E-state index contributed by atoms with van der Waals surface area (Å²) in [7, 11) is 0. The fourth-order valence-electron chi connectivity index (χ4n) is 2.09. The highest BCUT2D eigenvalue weighted by Gasteiger charge is 2.81. The Labute approximate surface area is 146 Å². The molecule has 4 nitrogen and oxygen atoms in total. The molecule has 0 aliphatic carbocycles. The van der Waals surface area contributed by atoms with Crippen LogP contribution in [0.3, 0.4) is 0 Å². The predicted octanol–water partition coefficient (Wildman–Crippen LogP) is 4.75. The third-order valence-electron chi connectivity index (χ3n) is 3.42. The van der Waals surface area contributed by atoms with Gasteiger partial charge in [-0.15, -0.1) is 0 Å². The van der Waals surface area contributed by atoms with Crippen LogP contribution in [0.1, 0.15) is 33.6 Å². The molecule has 0 heterocycles. The summed E-state index contributed by atoms with van der Waals surface area (Å²) in [6, 6.07) is 0. The van der Waals surface area contributed by atoms with Crippen LogP contribution >= 0.6 is 0 Å². The summed E-state index contributed by atoms with van der Waals surface area (Å²) < 4.78 is 115. The van der Waals surface area contributed by atoms with Crippen LogP contribution in [-0.2, 0) is 9.59 Å². The number of rotatable bonds is 7. The minimum atomic E-state index is -7.10. The van der Waals surface area contributed by atoms with Crippen LogP contribution in [0.2, 0.25) is 0 Å². The maximum Gasteiger partial charge on any atom is 0.460 e. The Morgan fingerprint density at radius 3 is 1.41 bits per heavy atom. The minimum absolute atomic E-state index is 0.989. The molecule has 0 rings (SSSR count). The molecule has 0 saturated heterocycles. The highest BCUT2D eigenvalue weighted by atomic mass is 19.4. The third kappa shape index (κ3) is 4.86. The molecule has 0 radical (unpaired) electrons. The number of hydrogen-bond donors (Lipinski definition) is 2. The topological polar surface area (TPSA) is 74.6 Å². The van der Waals surface area contributed by atoms with E-state index < -0.39 is 65.3 Å². The van der Waals surface area contributed by atoms with Gasteiger partial charge in [-0.25, -0.2) is 9.59 Å². The van der Waals surface area contributed by atoms with Crippen molar-refractivity contribution >= 4 is 11.9 Å². The van der Waals surface area contributed by atoms with Gasteiger partial charge < -0.3 is 10.2 Å². The first-order valence-corrected chi connectivity index (χ1v) is 7.01. The lowest BCUT2D eigenvalue weighted by atomic mass is 9.81. The Morgan fingerprint density at radius 1 is 0.741 bits per heavy atom.